The van der Waals surface area contributed by atoms with Crippen LogP contribution in [0.3, 0.4) is 0 Å². The molecule has 1 aromatic heterocycles. The lowest BCUT2D eigenvalue weighted by Crippen LogP contribution is -2.08. The summed E-state index contributed by atoms with van der Waals surface area (Å²) < 4.78 is 22.1. The van der Waals surface area contributed by atoms with Crippen molar-refractivity contribution in [3.8, 4) is 0 Å². The molecule has 0 aliphatic rings. The van der Waals surface area contributed by atoms with Crippen molar-refractivity contribution >= 4 is 16.8 Å². The summed E-state index contributed by atoms with van der Waals surface area (Å²) in [5, 5.41) is 7.41. The Labute approximate surface area is 125 Å². The van der Waals surface area contributed by atoms with E-state index in [1.165, 1.54) is 0 Å². The quantitative estimate of drug-likeness (QED) is 0.788. The summed E-state index contributed by atoms with van der Waals surface area (Å²) in [6.45, 7) is 5.35. The van der Waals surface area contributed by atoms with Gasteiger partial charge in [-0.05, 0) is 24.3 Å². The van der Waals surface area contributed by atoms with E-state index in [1.54, 1.807) is 31.2 Å². The van der Waals surface area contributed by atoms with E-state index in [0.29, 0.717) is 16.3 Å². The number of hydrogen-bond donors (Lipinski definition) is 0. The third-order valence-electron chi connectivity index (χ3n) is 2.65. The molecule has 0 aliphatic carbocycles. The Hall–Kier alpha value is -2.02. The number of rotatable bonds is 5. The molecule has 0 bridgehead atoms. The minimum atomic E-state index is -1.07. The highest BCUT2D eigenvalue weighted by atomic mass is 32.2. The van der Waals surface area contributed by atoms with Gasteiger partial charge >= 0.3 is 5.97 Å². The molecule has 0 aliphatic heterocycles. The van der Waals surface area contributed by atoms with E-state index in [9.17, 15) is 9.00 Å². The first-order chi connectivity index (χ1) is 9.97. The SMILES string of the molecule is Cc1nnc(COC(=O)c2ccc(S(=O)C(C)C)cc2)o1. The number of ether oxygens (including phenoxy) is 1. The normalized spacial score (nSPS) is 12.4. The van der Waals surface area contributed by atoms with Crippen molar-refractivity contribution in [1.82, 2.24) is 10.2 Å². The molecule has 2 rings (SSSR count). The van der Waals surface area contributed by atoms with Crippen LogP contribution in [0.25, 0.3) is 0 Å². The Morgan fingerprint density at radius 2 is 1.95 bits per heavy atom. The van der Waals surface area contributed by atoms with Gasteiger partial charge in [-0.3, -0.25) is 4.21 Å². The van der Waals surface area contributed by atoms with E-state index in [1.807, 2.05) is 13.8 Å². The van der Waals surface area contributed by atoms with Crippen LogP contribution < -0.4 is 0 Å². The summed E-state index contributed by atoms with van der Waals surface area (Å²) in [6.07, 6.45) is 0. The maximum Gasteiger partial charge on any atom is 0.338 e. The van der Waals surface area contributed by atoms with Gasteiger partial charge in [0.2, 0.25) is 5.89 Å². The number of aromatic nitrogens is 2. The smallest absolute Gasteiger partial charge is 0.338 e. The van der Waals surface area contributed by atoms with Crippen molar-refractivity contribution in [3.05, 3.63) is 41.6 Å². The Kier molecular flexibility index (Phi) is 4.85. The van der Waals surface area contributed by atoms with Gasteiger partial charge in [-0.2, -0.15) is 0 Å². The molecule has 0 fully saturated rings. The van der Waals surface area contributed by atoms with Crippen LogP contribution in [0.5, 0.6) is 0 Å². The zero-order valence-electron chi connectivity index (χ0n) is 12.0. The minimum Gasteiger partial charge on any atom is -0.452 e. The van der Waals surface area contributed by atoms with E-state index in [4.69, 9.17) is 9.15 Å². The zero-order chi connectivity index (χ0) is 15.4. The average molecular weight is 308 g/mol. The largest absolute Gasteiger partial charge is 0.452 e. The van der Waals surface area contributed by atoms with Crippen LogP contribution in [-0.2, 0) is 22.1 Å². The van der Waals surface area contributed by atoms with E-state index in [2.05, 4.69) is 10.2 Å². The summed E-state index contributed by atoms with van der Waals surface area (Å²) in [6, 6.07) is 6.53. The number of hydrogen-bond acceptors (Lipinski definition) is 6. The van der Waals surface area contributed by atoms with Gasteiger partial charge in [-0.25, -0.2) is 4.79 Å². The number of nitrogens with zero attached hydrogens (tertiary/aromatic N) is 2. The molecule has 1 heterocycles. The lowest BCUT2D eigenvalue weighted by atomic mass is 10.2. The van der Waals surface area contributed by atoms with E-state index >= 15 is 0 Å². The van der Waals surface area contributed by atoms with Crippen LogP contribution in [0.15, 0.2) is 33.6 Å². The van der Waals surface area contributed by atoms with Crippen LogP contribution in [0.4, 0.5) is 0 Å². The molecule has 6 nitrogen and oxygen atoms in total. The molecule has 0 spiro atoms. The van der Waals surface area contributed by atoms with Crippen LogP contribution in [0, 0.1) is 6.92 Å². The second-order valence-corrected chi connectivity index (χ2v) is 6.67. The molecular weight excluding hydrogens is 292 g/mol. The van der Waals surface area contributed by atoms with Gasteiger partial charge in [0.05, 0.1) is 16.4 Å². The molecule has 1 atom stereocenters. The molecule has 1 aromatic carbocycles. The summed E-state index contributed by atoms with van der Waals surface area (Å²) in [5.41, 5.74) is 0.385. The molecule has 7 heteroatoms. The van der Waals surface area contributed by atoms with Crippen molar-refractivity contribution in [2.75, 3.05) is 0 Å². The van der Waals surface area contributed by atoms with Crippen molar-refractivity contribution in [1.29, 1.82) is 0 Å². The Bertz CT molecular complexity index is 649. The van der Waals surface area contributed by atoms with Crippen LogP contribution in [-0.4, -0.2) is 25.6 Å². The number of esters is 1. The van der Waals surface area contributed by atoms with Gasteiger partial charge in [0, 0.05) is 17.1 Å². The van der Waals surface area contributed by atoms with Crippen molar-refractivity contribution < 1.29 is 18.2 Å². The monoisotopic (exact) mass is 308 g/mol. The van der Waals surface area contributed by atoms with Gasteiger partial charge in [0.15, 0.2) is 6.61 Å². The molecule has 1 unspecified atom stereocenters. The average Bonchev–Trinajstić information content (AvgIpc) is 2.89. The predicted octanol–water partition coefficient (Wildman–Crippen LogP) is 2.25. The van der Waals surface area contributed by atoms with Gasteiger partial charge in [-0.15, -0.1) is 10.2 Å². The maximum absolute atomic E-state index is 11.9. The first-order valence-corrected chi connectivity index (χ1v) is 7.65. The Balaban J connectivity index is 1.98. The molecule has 21 heavy (non-hydrogen) atoms. The van der Waals surface area contributed by atoms with Crippen LogP contribution >= 0.6 is 0 Å². The van der Waals surface area contributed by atoms with E-state index < -0.39 is 16.8 Å². The molecule has 0 saturated heterocycles. The summed E-state index contributed by atoms with van der Waals surface area (Å²) in [5.74, 6) is 0.174. The Morgan fingerprint density at radius 1 is 1.29 bits per heavy atom. The Morgan fingerprint density at radius 3 is 2.48 bits per heavy atom. The highest BCUT2D eigenvalue weighted by Gasteiger charge is 2.12. The molecular formula is C14H16N2O4S. The van der Waals surface area contributed by atoms with Gasteiger partial charge in [-0.1, -0.05) is 13.8 Å². The third-order valence-corrected chi connectivity index (χ3v) is 4.24. The molecule has 2 aromatic rings. The number of carbonyl (C=O) groups excluding carboxylic acids is 1. The fourth-order valence-corrected chi connectivity index (χ4v) is 2.55. The first-order valence-electron chi connectivity index (χ1n) is 6.44. The molecule has 112 valence electrons. The maximum atomic E-state index is 11.9. The van der Waals surface area contributed by atoms with Crippen molar-refractivity contribution in [2.24, 2.45) is 0 Å². The molecule has 0 saturated carbocycles. The molecule has 0 amide bonds. The summed E-state index contributed by atoms with van der Waals surface area (Å²) >= 11 is 0. The molecule has 0 N–H and O–H groups in total. The van der Waals surface area contributed by atoms with Crippen molar-refractivity contribution in [2.45, 2.75) is 37.5 Å². The number of carbonyl (C=O) groups is 1. The van der Waals surface area contributed by atoms with Crippen molar-refractivity contribution in [3.63, 3.8) is 0 Å². The topological polar surface area (TPSA) is 82.3 Å². The number of benzene rings is 1. The zero-order valence-corrected chi connectivity index (χ0v) is 12.8. The van der Waals surface area contributed by atoms with Gasteiger partial charge in [0.25, 0.3) is 5.89 Å². The van der Waals surface area contributed by atoms with Gasteiger partial charge < -0.3 is 9.15 Å². The van der Waals surface area contributed by atoms with Gasteiger partial charge in [0.1, 0.15) is 0 Å². The fraction of sp³-hybridized carbons (Fsp3) is 0.357. The van der Waals surface area contributed by atoms with Crippen LogP contribution in [0.2, 0.25) is 0 Å². The lowest BCUT2D eigenvalue weighted by molar-refractivity contribution is 0.0436. The van der Waals surface area contributed by atoms with E-state index in [0.717, 1.165) is 0 Å². The summed E-state index contributed by atoms with van der Waals surface area (Å²) in [7, 11) is -1.07. The molecule has 0 radical (unpaired) electrons. The minimum absolute atomic E-state index is 0.0311. The highest BCUT2D eigenvalue weighted by Crippen LogP contribution is 2.13. The number of aryl methyl sites for hydroxylation is 1. The first kappa shape index (κ1) is 15.4. The van der Waals surface area contributed by atoms with E-state index in [-0.39, 0.29) is 17.7 Å². The fourth-order valence-electron chi connectivity index (χ4n) is 1.60. The standard InChI is InChI=1S/C14H16N2O4S/c1-9(2)21(18)12-6-4-11(5-7-12)14(17)19-8-13-16-15-10(3)20-13/h4-7,9H,8H2,1-3H3. The van der Waals surface area contributed by atoms with Crippen LogP contribution in [0.1, 0.15) is 36.0 Å². The highest BCUT2D eigenvalue weighted by molar-refractivity contribution is 7.85. The summed E-state index contributed by atoms with van der Waals surface area (Å²) in [4.78, 5) is 12.5. The second-order valence-electron chi connectivity index (χ2n) is 4.66. The second kappa shape index (κ2) is 6.62. The lowest BCUT2D eigenvalue weighted by Gasteiger charge is -2.06. The predicted molar refractivity (Wildman–Crippen MR) is 76.1 cm³/mol. The third kappa shape index (κ3) is 3.98.